The van der Waals surface area contributed by atoms with E-state index in [1.165, 1.54) is 24.1 Å². The first-order valence-corrected chi connectivity index (χ1v) is 12.0. The average Bonchev–Trinajstić information content (AvgIpc) is 3.06. The number of ether oxygens (including phenoxy) is 2. The number of nitrogens with zero attached hydrogens (tertiary/aromatic N) is 1. The fraction of sp³-hybridized carbons (Fsp3) is 0.154. The van der Waals surface area contributed by atoms with Gasteiger partial charge in [0.15, 0.2) is 11.5 Å². The third kappa shape index (κ3) is 5.51. The largest absolute Gasteiger partial charge is 0.493 e. The zero-order chi connectivity index (χ0) is 24.2. The van der Waals surface area contributed by atoms with Gasteiger partial charge >= 0.3 is 0 Å². The molecule has 0 unspecified atom stereocenters. The molecule has 3 aromatic rings. The molecule has 174 valence electrons. The van der Waals surface area contributed by atoms with Gasteiger partial charge in [-0.05, 0) is 81.6 Å². The Bertz CT molecular complexity index is 1280. The van der Waals surface area contributed by atoms with Crippen LogP contribution in [0.25, 0.3) is 6.08 Å². The number of hydrogen-bond acceptors (Lipinski definition) is 5. The lowest BCUT2D eigenvalue weighted by atomic mass is 10.1. The first-order valence-electron chi connectivity index (χ1n) is 10.4. The molecule has 4 rings (SSSR count). The van der Waals surface area contributed by atoms with Crippen LogP contribution in [0.1, 0.15) is 22.3 Å². The van der Waals surface area contributed by atoms with Crippen LogP contribution >= 0.6 is 27.7 Å². The summed E-state index contributed by atoms with van der Waals surface area (Å²) in [6, 6.07) is 17.3. The van der Waals surface area contributed by atoms with Gasteiger partial charge in [-0.15, -0.1) is 0 Å². The molecule has 0 N–H and O–H groups in total. The summed E-state index contributed by atoms with van der Waals surface area (Å²) in [6.07, 6.45) is 1.66. The van der Waals surface area contributed by atoms with Crippen molar-refractivity contribution in [2.45, 2.75) is 20.1 Å². The van der Waals surface area contributed by atoms with Gasteiger partial charge in [0.1, 0.15) is 12.4 Å². The number of carbonyl (C=O) groups excluding carboxylic acids is 2. The molecule has 5 nitrogen and oxygen atoms in total. The Hall–Kier alpha value is -3.10. The lowest BCUT2D eigenvalue weighted by molar-refractivity contribution is -0.123. The summed E-state index contributed by atoms with van der Waals surface area (Å²) in [5.41, 5.74) is 3.45. The molecule has 1 heterocycles. The van der Waals surface area contributed by atoms with Crippen LogP contribution in [0.3, 0.4) is 0 Å². The molecule has 1 aliphatic heterocycles. The third-order valence-corrected chi connectivity index (χ3v) is 6.64. The number of aryl methyl sites for hydroxylation is 1. The first-order chi connectivity index (χ1) is 16.3. The van der Waals surface area contributed by atoms with E-state index >= 15 is 0 Å². The molecular formula is C26H21BrFNO4S. The Kier molecular flexibility index (Phi) is 7.38. The molecule has 3 aromatic carbocycles. The van der Waals surface area contributed by atoms with Crippen LogP contribution in [0, 0.1) is 12.7 Å². The number of benzene rings is 3. The summed E-state index contributed by atoms with van der Waals surface area (Å²) < 4.78 is 25.1. The molecule has 1 saturated heterocycles. The quantitative estimate of drug-likeness (QED) is 0.310. The van der Waals surface area contributed by atoms with Gasteiger partial charge in [-0.25, -0.2) is 4.39 Å². The first kappa shape index (κ1) is 24.0. The van der Waals surface area contributed by atoms with Crippen LogP contribution < -0.4 is 9.47 Å². The standard InChI is InChI=1S/C26H21BrFNO4S/c1-16-4-3-5-18(10-16)14-29-25(30)23(34-26(29)31)13-19-11-21(27)24(22(12-19)32-2)33-15-17-6-8-20(28)9-7-17/h3-13H,14-15H2,1-2H3/b23-13-. The maximum atomic E-state index is 13.1. The van der Waals surface area contributed by atoms with Crippen LogP contribution in [0.4, 0.5) is 9.18 Å². The summed E-state index contributed by atoms with van der Waals surface area (Å²) in [5.74, 6) is 0.302. The van der Waals surface area contributed by atoms with Crippen molar-refractivity contribution in [3.63, 3.8) is 0 Å². The van der Waals surface area contributed by atoms with Gasteiger partial charge in [0.25, 0.3) is 11.1 Å². The summed E-state index contributed by atoms with van der Waals surface area (Å²) >= 11 is 4.41. The second-order valence-electron chi connectivity index (χ2n) is 7.71. The highest BCUT2D eigenvalue weighted by Crippen LogP contribution is 2.39. The highest BCUT2D eigenvalue weighted by molar-refractivity contribution is 9.10. The van der Waals surface area contributed by atoms with Crippen molar-refractivity contribution >= 4 is 44.9 Å². The Morgan fingerprint density at radius 2 is 1.82 bits per heavy atom. The summed E-state index contributed by atoms with van der Waals surface area (Å²) in [6.45, 7) is 2.43. The maximum Gasteiger partial charge on any atom is 0.293 e. The van der Waals surface area contributed by atoms with Crippen molar-refractivity contribution in [3.8, 4) is 11.5 Å². The van der Waals surface area contributed by atoms with Crippen LogP contribution in [0.15, 0.2) is 70.0 Å². The van der Waals surface area contributed by atoms with E-state index in [9.17, 15) is 14.0 Å². The number of methoxy groups -OCH3 is 1. The Balaban J connectivity index is 1.53. The highest BCUT2D eigenvalue weighted by Gasteiger charge is 2.35. The summed E-state index contributed by atoms with van der Waals surface area (Å²) in [5, 5.41) is -0.303. The summed E-state index contributed by atoms with van der Waals surface area (Å²) in [4.78, 5) is 27.0. The van der Waals surface area contributed by atoms with Gasteiger partial charge in [-0.2, -0.15) is 0 Å². The molecule has 0 bridgehead atoms. The Morgan fingerprint density at radius 3 is 2.53 bits per heavy atom. The van der Waals surface area contributed by atoms with Gasteiger partial charge in [-0.3, -0.25) is 14.5 Å². The molecule has 34 heavy (non-hydrogen) atoms. The average molecular weight is 542 g/mol. The van der Waals surface area contributed by atoms with Crippen molar-refractivity contribution in [2.75, 3.05) is 7.11 Å². The number of halogens is 2. The lowest BCUT2D eigenvalue weighted by Crippen LogP contribution is -2.27. The van der Waals surface area contributed by atoms with Crippen LogP contribution in [-0.4, -0.2) is 23.2 Å². The van der Waals surface area contributed by atoms with Crippen LogP contribution in [0.5, 0.6) is 11.5 Å². The van der Waals surface area contributed by atoms with E-state index in [0.717, 1.165) is 28.5 Å². The lowest BCUT2D eigenvalue weighted by Gasteiger charge is -2.14. The summed E-state index contributed by atoms with van der Waals surface area (Å²) in [7, 11) is 1.52. The van der Waals surface area contributed by atoms with E-state index < -0.39 is 0 Å². The molecule has 1 aliphatic rings. The number of imide groups is 1. The van der Waals surface area contributed by atoms with Crippen molar-refractivity contribution in [1.29, 1.82) is 0 Å². The molecule has 0 atom stereocenters. The molecule has 0 aromatic heterocycles. The second kappa shape index (κ2) is 10.4. The Morgan fingerprint density at radius 1 is 1.06 bits per heavy atom. The number of thioether (sulfide) groups is 1. The second-order valence-corrected chi connectivity index (χ2v) is 9.55. The molecular weight excluding hydrogens is 521 g/mol. The van der Waals surface area contributed by atoms with Crippen molar-refractivity contribution in [2.24, 2.45) is 0 Å². The minimum Gasteiger partial charge on any atom is -0.493 e. The van der Waals surface area contributed by atoms with E-state index in [-0.39, 0.29) is 30.1 Å². The van der Waals surface area contributed by atoms with E-state index in [1.807, 2.05) is 31.2 Å². The van der Waals surface area contributed by atoms with Gasteiger partial charge in [0.05, 0.1) is 23.0 Å². The Labute approximate surface area is 209 Å². The third-order valence-electron chi connectivity index (χ3n) is 5.14. The molecule has 0 saturated carbocycles. The fourth-order valence-electron chi connectivity index (χ4n) is 3.48. The zero-order valence-corrected chi connectivity index (χ0v) is 20.9. The number of amides is 2. The smallest absolute Gasteiger partial charge is 0.293 e. The van der Waals surface area contributed by atoms with Crippen LogP contribution in [-0.2, 0) is 17.9 Å². The van der Waals surface area contributed by atoms with Gasteiger partial charge in [0.2, 0.25) is 0 Å². The minimum atomic E-state index is -0.330. The van der Waals surface area contributed by atoms with Gasteiger partial charge in [0, 0.05) is 0 Å². The van der Waals surface area contributed by atoms with E-state index in [4.69, 9.17) is 9.47 Å². The SMILES string of the molecule is COc1cc(/C=C2\SC(=O)N(Cc3cccc(C)c3)C2=O)cc(Br)c1OCc1ccc(F)cc1. The van der Waals surface area contributed by atoms with E-state index in [1.54, 1.807) is 30.3 Å². The van der Waals surface area contributed by atoms with E-state index in [0.29, 0.717) is 26.4 Å². The van der Waals surface area contributed by atoms with Crippen molar-refractivity contribution in [1.82, 2.24) is 4.90 Å². The van der Waals surface area contributed by atoms with Gasteiger partial charge in [-0.1, -0.05) is 42.0 Å². The van der Waals surface area contributed by atoms with Gasteiger partial charge < -0.3 is 9.47 Å². The zero-order valence-electron chi connectivity index (χ0n) is 18.5. The molecule has 0 aliphatic carbocycles. The predicted octanol–water partition coefficient (Wildman–Crippen LogP) is 6.72. The van der Waals surface area contributed by atoms with Crippen molar-refractivity contribution < 1.29 is 23.5 Å². The monoisotopic (exact) mass is 541 g/mol. The molecule has 0 spiro atoms. The number of rotatable bonds is 7. The number of hydrogen-bond donors (Lipinski definition) is 0. The molecule has 8 heteroatoms. The van der Waals surface area contributed by atoms with Crippen molar-refractivity contribution in [3.05, 3.63) is 98.1 Å². The normalized spacial score (nSPS) is 14.7. The fourth-order valence-corrected chi connectivity index (χ4v) is 4.89. The van der Waals surface area contributed by atoms with Crippen LogP contribution in [0.2, 0.25) is 0 Å². The topological polar surface area (TPSA) is 55.8 Å². The highest BCUT2D eigenvalue weighted by atomic mass is 79.9. The number of carbonyl (C=O) groups is 2. The predicted molar refractivity (Wildman–Crippen MR) is 134 cm³/mol. The molecule has 0 radical (unpaired) electrons. The van der Waals surface area contributed by atoms with E-state index in [2.05, 4.69) is 15.9 Å². The molecule has 1 fully saturated rings. The maximum absolute atomic E-state index is 13.1. The molecule has 2 amide bonds. The minimum absolute atomic E-state index is 0.229.